The highest BCUT2D eigenvalue weighted by atomic mass is 16.2. The minimum absolute atomic E-state index is 0.111. The second-order valence-corrected chi connectivity index (χ2v) is 8.93. The molecule has 1 saturated carbocycles. The van der Waals surface area contributed by atoms with Crippen molar-refractivity contribution in [3.8, 4) is 0 Å². The number of hydrogen-bond donors (Lipinski definition) is 1. The average Bonchev–Trinajstić information content (AvgIpc) is 3.52. The van der Waals surface area contributed by atoms with Gasteiger partial charge in [0.15, 0.2) is 5.78 Å². The number of hydrogen-bond acceptors (Lipinski definition) is 3. The molecule has 2 heterocycles. The summed E-state index contributed by atoms with van der Waals surface area (Å²) in [7, 11) is 0. The molecule has 1 amide bonds. The van der Waals surface area contributed by atoms with E-state index in [0.717, 1.165) is 68.7 Å². The van der Waals surface area contributed by atoms with Crippen molar-refractivity contribution in [3.05, 3.63) is 58.9 Å². The van der Waals surface area contributed by atoms with E-state index >= 15 is 0 Å². The number of benzene rings is 1. The van der Waals surface area contributed by atoms with Gasteiger partial charge in [0, 0.05) is 35.5 Å². The van der Waals surface area contributed by atoms with Crippen LogP contribution in [-0.2, 0) is 17.8 Å². The minimum atomic E-state index is 0.111. The lowest BCUT2D eigenvalue weighted by Crippen LogP contribution is -2.42. The Morgan fingerprint density at radius 1 is 1.03 bits per heavy atom. The standard InChI is InChI=1S/C25H33N3O2/c1-18-16-23(19(2)28(18)15-10-20-6-4-3-5-7-20)24(29)17-27-13-11-21(12-14-27)25(30)26-22-8-9-22/h3-7,16,21-22H,8-15,17H2,1-2H3,(H,26,30). The molecule has 2 aliphatic rings. The molecular weight excluding hydrogens is 374 g/mol. The summed E-state index contributed by atoms with van der Waals surface area (Å²) in [4.78, 5) is 27.5. The predicted octanol–water partition coefficient (Wildman–Crippen LogP) is 3.52. The van der Waals surface area contributed by atoms with Crippen molar-refractivity contribution in [1.82, 2.24) is 14.8 Å². The molecule has 1 saturated heterocycles. The number of nitrogens with zero attached hydrogens (tertiary/aromatic N) is 2. The maximum Gasteiger partial charge on any atom is 0.223 e. The fourth-order valence-electron chi connectivity index (χ4n) is 4.50. The van der Waals surface area contributed by atoms with Gasteiger partial charge in [-0.05, 0) is 70.7 Å². The first-order valence-corrected chi connectivity index (χ1v) is 11.3. The van der Waals surface area contributed by atoms with Crippen LogP contribution in [-0.4, -0.2) is 46.8 Å². The van der Waals surface area contributed by atoms with Crippen LogP contribution in [0, 0.1) is 19.8 Å². The summed E-state index contributed by atoms with van der Waals surface area (Å²) in [6, 6.07) is 12.9. The van der Waals surface area contributed by atoms with Gasteiger partial charge in [-0.25, -0.2) is 0 Å². The topological polar surface area (TPSA) is 54.3 Å². The van der Waals surface area contributed by atoms with E-state index in [2.05, 4.69) is 52.9 Å². The summed E-state index contributed by atoms with van der Waals surface area (Å²) in [6.45, 7) is 7.11. The number of carbonyl (C=O) groups excluding carboxylic acids is 2. The molecule has 0 radical (unpaired) electrons. The lowest BCUT2D eigenvalue weighted by atomic mass is 9.95. The first-order chi connectivity index (χ1) is 14.5. The Labute approximate surface area is 179 Å². The van der Waals surface area contributed by atoms with Crippen LogP contribution in [0.4, 0.5) is 0 Å². The maximum absolute atomic E-state index is 13.0. The number of aryl methyl sites for hydroxylation is 2. The highest BCUT2D eigenvalue weighted by Crippen LogP contribution is 2.23. The van der Waals surface area contributed by atoms with Crippen LogP contribution in [0.5, 0.6) is 0 Å². The summed E-state index contributed by atoms with van der Waals surface area (Å²) in [5, 5.41) is 3.12. The van der Waals surface area contributed by atoms with E-state index in [4.69, 9.17) is 0 Å². The highest BCUT2D eigenvalue weighted by molar-refractivity contribution is 5.99. The molecule has 2 fully saturated rings. The van der Waals surface area contributed by atoms with Gasteiger partial charge in [0.25, 0.3) is 0 Å². The van der Waals surface area contributed by atoms with E-state index in [-0.39, 0.29) is 17.6 Å². The van der Waals surface area contributed by atoms with Gasteiger partial charge >= 0.3 is 0 Å². The normalized spacial score (nSPS) is 17.8. The molecular formula is C25H33N3O2. The molecule has 160 valence electrons. The van der Waals surface area contributed by atoms with Crippen molar-refractivity contribution in [1.29, 1.82) is 0 Å². The Bertz CT molecular complexity index is 891. The molecule has 5 heteroatoms. The molecule has 0 unspecified atom stereocenters. The van der Waals surface area contributed by atoms with Crippen LogP contribution in [0.15, 0.2) is 36.4 Å². The van der Waals surface area contributed by atoms with Crippen LogP contribution in [0.25, 0.3) is 0 Å². The minimum Gasteiger partial charge on any atom is -0.353 e. The fourth-order valence-corrected chi connectivity index (χ4v) is 4.50. The highest BCUT2D eigenvalue weighted by Gasteiger charge is 2.30. The van der Waals surface area contributed by atoms with Crippen LogP contribution < -0.4 is 5.32 Å². The van der Waals surface area contributed by atoms with Crippen molar-refractivity contribution >= 4 is 11.7 Å². The quantitative estimate of drug-likeness (QED) is 0.681. The molecule has 30 heavy (non-hydrogen) atoms. The number of carbonyl (C=O) groups is 2. The SMILES string of the molecule is Cc1cc(C(=O)CN2CCC(C(=O)NC3CC3)CC2)c(C)n1CCc1ccccc1. The van der Waals surface area contributed by atoms with Crippen LogP contribution >= 0.6 is 0 Å². The lowest BCUT2D eigenvalue weighted by Gasteiger charge is -2.30. The van der Waals surface area contributed by atoms with Gasteiger partial charge < -0.3 is 9.88 Å². The zero-order valence-electron chi connectivity index (χ0n) is 18.2. The van der Waals surface area contributed by atoms with E-state index in [0.29, 0.717) is 12.6 Å². The summed E-state index contributed by atoms with van der Waals surface area (Å²) in [5.41, 5.74) is 4.36. The van der Waals surface area contributed by atoms with E-state index in [1.807, 2.05) is 12.1 Å². The monoisotopic (exact) mass is 407 g/mol. The van der Waals surface area contributed by atoms with Gasteiger partial charge in [0.2, 0.25) is 5.91 Å². The Morgan fingerprint density at radius 2 is 1.73 bits per heavy atom. The van der Waals surface area contributed by atoms with Crippen LogP contribution in [0.3, 0.4) is 0 Å². The fraction of sp³-hybridized carbons (Fsp3) is 0.520. The molecule has 0 atom stereocenters. The molecule has 1 aromatic heterocycles. The Morgan fingerprint density at radius 3 is 2.40 bits per heavy atom. The van der Waals surface area contributed by atoms with Crippen molar-refractivity contribution < 1.29 is 9.59 Å². The Balaban J connectivity index is 1.31. The molecule has 1 aliphatic carbocycles. The summed E-state index contributed by atoms with van der Waals surface area (Å²) in [6.07, 6.45) is 4.91. The smallest absolute Gasteiger partial charge is 0.223 e. The maximum atomic E-state index is 13.0. The Kier molecular flexibility index (Phi) is 6.38. The third kappa shape index (κ3) is 5.01. The number of nitrogens with one attached hydrogen (secondary N) is 1. The average molecular weight is 408 g/mol. The first kappa shape index (κ1) is 20.9. The van der Waals surface area contributed by atoms with Gasteiger partial charge in [-0.3, -0.25) is 14.5 Å². The molecule has 5 nitrogen and oxygen atoms in total. The second-order valence-electron chi connectivity index (χ2n) is 8.93. The molecule has 1 aromatic carbocycles. The third-order valence-electron chi connectivity index (χ3n) is 6.59. The Hall–Kier alpha value is -2.40. The number of ketones is 1. The van der Waals surface area contributed by atoms with Crippen LogP contribution in [0.1, 0.15) is 53.0 Å². The first-order valence-electron chi connectivity index (χ1n) is 11.3. The second kappa shape index (κ2) is 9.17. The number of piperidine rings is 1. The number of aromatic nitrogens is 1. The van der Waals surface area contributed by atoms with Gasteiger partial charge in [-0.1, -0.05) is 30.3 Å². The van der Waals surface area contributed by atoms with Gasteiger partial charge in [0.05, 0.1) is 6.54 Å². The molecule has 4 rings (SSSR count). The zero-order valence-corrected chi connectivity index (χ0v) is 18.2. The molecule has 1 N–H and O–H groups in total. The number of rotatable bonds is 8. The number of likely N-dealkylation sites (tertiary alicyclic amines) is 1. The van der Waals surface area contributed by atoms with Crippen molar-refractivity contribution in [2.24, 2.45) is 5.92 Å². The summed E-state index contributed by atoms with van der Waals surface area (Å²) < 4.78 is 2.26. The molecule has 0 bridgehead atoms. The van der Waals surface area contributed by atoms with E-state index in [9.17, 15) is 9.59 Å². The predicted molar refractivity (Wildman–Crippen MR) is 119 cm³/mol. The van der Waals surface area contributed by atoms with Crippen LogP contribution in [0.2, 0.25) is 0 Å². The zero-order chi connectivity index (χ0) is 21.1. The molecule has 1 aliphatic heterocycles. The van der Waals surface area contributed by atoms with Gasteiger partial charge in [-0.2, -0.15) is 0 Å². The lowest BCUT2D eigenvalue weighted by molar-refractivity contribution is -0.126. The van der Waals surface area contributed by atoms with Crippen molar-refractivity contribution in [2.75, 3.05) is 19.6 Å². The summed E-state index contributed by atoms with van der Waals surface area (Å²) in [5.74, 6) is 0.514. The number of amides is 1. The third-order valence-corrected chi connectivity index (χ3v) is 6.59. The molecule has 2 aromatic rings. The van der Waals surface area contributed by atoms with E-state index in [1.54, 1.807) is 0 Å². The van der Waals surface area contributed by atoms with Gasteiger partial charge in [0.1, 0.15) is 0 Å². The van der Waals surface area contributed by atoms with Crippen molar-refractivity contribution in [2.45, 2.75) is 58.5 Å². The largest absolute Gasteiger partial charge is 0.353 e. The van der Waals surface area contributed by atoms with E-state index < -0.39 is 0 Å². The number of Topliss-reactive ketones (excluding diaryl/α,β-unsaturated/α-hetero) is 1. The van der Waals surface area contributed by atoms with Gasteiger partial charge in [-0.15, -0.1) is 0 Å². The van der Waals surface area contributed by atoms with E-state index in [1.165, 1.54) is 5.56 Å². The summed E-state index contributed by atoms with van der Waals surface area (Å²) >= 11 is 0. The van der Waals surface area contributed by atoms with Crippen molar-refractivity contribution in [3.63, 3.8) is 0 Å². The molecule has 0 spiro atoms.